The van der Waals surface area contributed by atoms with Crippen molar-refractivity contribution in [3.05, 3.63) is 0 Å². The predicted molar refractivity (Wildman–Crippen MR) is 57.3 cm³/mol. The van der Waals surface area contributed by atoms with Gasteiger partial charge in [-0.05, 0) is 26.2 Å². The Bertz CT molecular complexity index is 257. The molecule has 2 heterocycles. The van der Waals surface area contributed by atoms with Gasteiger partial charge in [0.2, 0.25) is 0 Å². The fourth-order valence-corrected chi connectivity index (χ4v) is 2.42. The minimum absolute atomic E-state index is 0.0612. The smallest absolute Gasteiger partial charge is 0.320 e. The molecule has 15 heavy (non-hydrogen) atoms. The van der Waals surface area contributed by atoms with Gasteiger partial charge in [-0.15, -0.1) is 0 Å². The molecule has 86 valence electrons. The summed E-state index contributed by atoms with van der Waals surface area (Å²) in [6, 6.07) is 0.0612. The van der Waals surface area contributed by atoms with Crippen molar-refractivity contribution < 1.29 is 9.63 Å². The van der Waals surface area contributed by atoms with E-state index in [4.69, 9.17) is 4.84 Å². The summed E-state index contributed by atoms with van der Waals surface area (Å²) in [7, 11) is 0. The summed E-state index contributed by atoms with van der Waals surface area (Å²) in [5.41, 5.74) is -0.0803. The van der Waals surface area contributed by atoms with Crippen molar-refractivity contribution in [1.29, 1.82) is 0 Å². The fraction of sp³-hybridized carbons (Fsp3) is 0.909. The molecule has 2 saturated heterocycles. The second kappa shape index (κ2) is 4.00. The number of amides is 2. The molecular formula is C11H20N2O2. The number of nitrogens with zero attached hydrogens (tertiary/aromatic N) is 2. The van der Waals surface area contributed by atoms with Crippen molar-refractivity contribution in [2.75, 3.05) is 19.7 Å². The van der Waals surface area contributed by atoms with Crippen LogP contribution in [0.4, 0.5) is 4.79 Å². The summed E-state index contributed by atoms with van der Waals surface area (Å²) in [6.45, 7) is 6.63. The quantitative estimate of drug-likeness (QED) is 0.668. The second-order valence-electron chi connectivity index (χ2n) is 4.79. The maximum Gasteiger partial charge on any atom is 0.344 e. The normalized spacial score (nSPS) is 30.1. The van der Waals surface area contributed by atoms with Gasteiger partial charge in [0.15, 0.2) is 0 Å². The monoisotopic (exact) mass is 212 g/mol. The van der Waals surface area contributed by atoms with Gasteiger partial charge in [0.25, 0.3) is 0 Å². The van der Waals surface area contributed by atoms with Gasteiger partial charge in [0, 0.05) is 13.1 Å². The molecular weight excluding hydrogens is 192 g/mol. The molecule has 1 atom stereocenters. The molecule has 2 amide bonds. The van der Waals surface area contributed by atoms with Crippen LogP contribution in [0.5, 0.6) is 0 Å². The van der Waals surface area contributed by atoms with Crippen LogP contribution in [0, 0.1) is 0 Å². The Hall–Kier alpha value is -0.770. The van der Waals surface area contributed by atoms with Gasteiger partial charge in [-0.1, -0.05) is 13.3 Å². The van der Waals surface area contributed by atoms with E-state index in [-0.39, 0.29) is 11.6 Å². The van der Waals surface area contributed by atoms with Crippen LogP contribution in [-0.4, -0.2) is 41.2 Å². The molecule has 0 spiro atoms. The molecule has 0 aromatic rings. The van der Waals surface area contributed by atoms with Crippen molar-refractivity contribution in [2.24, 2.45) is 0 Å². The van der Waals surface area contributed by atoms with Gasteiger partial charge in [-0.3, -0.25) is 4.84 Å². The second-order valence-corrected chi connectivity index (χ2v) is 4.79. The van der Waals surface area contributed by atoms with E-state index in [0.29, 0.717) is 6.61 Å². The Morgan fingerprint density at radius 1 is 1.53 bits per heavy atom. The van der Waals surface area contributed by atoms with Crippen molar-refractivity contribution in [3.8, 4) is 0 Å². The molecule has 0 aromatic carbocycles. The van der Waals surface area contributed by atoms with Crippen molar-refractivity contribution in [1.82, 2.24) is 9.96 Å². The van der Waals surface area contributed by atoms with Crippen molar-refractivity contribution in [2.45, 2.75) is 45.1 Å². The zero-order valence-electron chi connectivity index (χ0n) is 9.66. The summed E-state index contributed by atoms with van der Waals surface area (Å²) in [6.07, 6.45) is 4.26. The molecule has 1 unspecified atom stereocenters. The average Bonchev–Trinajstić information content (AvgIpc) is 2.38. The van der Waals surface area contributed by atoms with Crippen LogP contribution in [0.2, 0.25) is 0 Å². The third-order valence-electron chi connectivity index (χ3n) is 3.33. The number of piperidine rings is 1. The third kappa shape index (κ3) is 1.83. The van der Waals surface area contributed by atoms with Gasteiger partial charge >= 0.3 is 6.03 Å². The van der Waals surface area contributed by atoms with Gasteiger partial charge in [0.05, 0.1) is 12.1 Å². The van der Waals surface area contributed by atoms with Crippen LogP contribution >= 0.6 is 0 Å². The summed E-state index contributed by atoms with van der Waals surface area (Å²) < 4.78 is 0. The lowest BCUT2D eigenvalue weighted by Crippen LogP contribution is -2.45. The highest BCUT2D eigenvalue weighted by atomic mass is 16.7. The van der Waals surface area contributed by atoms with E-state index in [2.05, 4.69) is 13.8 Å². The zero-order valence-corrected chi connectivity index (χ0v) is 9.66. The Kier molecular flexibility index (Phi) is 2.87. The van der Waals surface area contributed by atoms with E-state index in [0.717, 1.165) is 38.8 Å². The Labute approximate surface area is 91.1 Å². The van der Waals surface area contributed by atoms with E-state index >= 15 is 0 Å². The van der Waals surface area contributed by atoms with Gasteiger partial charge in [-0.2, -0.15) is 5.06 Å². The summed E-state index contributed by atoms with van der Waals surface area (Å²) in [5, 5.41) is 1.62. The molecule has 4 heteroatoms. The maximum atomic E-state index is 11.9. The fourth-order valence-electron chi connectivity index (χ4n) is 2.42. The summed E-state index contributed by atoms with van der Waals surface area (Å²) >= 11 is 0. The number of hydrogen-bond donors (Lipinski definition) is 0. The van der Waals surface area contributed by atoms with Crippen LogP contribution in [0.1, 0.15) is 39.5 Å². The standard InChI is InChI=1S/C11H20N2O2/c1-3-4-8-15-13-10(14)12-7-5-6-11(13,2)9-12/h3-9H2,1-2H3. The molecule has 2 rings (SSSR count). The first-order valence-corrected chi connectivity index (χ1v) is 5.89. The SMILES string of the molecule is CCCCON1C(=O)N2CCCC1(C)C2. The number of urea groups is 1. The van der Waals surface area contributed by atoms with Crippen LogP contribution in [-0.2, 0) is 4.84 Å². The zero-order chi connectivity index (χ0) is 10.9. The maximum absolute atomic E-state index is 11.9. The number of carbonyl (C=O) groups is 1. The van der Waals surface area contributed by atoms with Gasteiger partial charge < -0.3 is 4.90 Å². The molecule has 0 aliphatic carbocycles. The molecule has 2 aliphatic heterocycles. The topological polar surface area (TPSA) is 32.8 Å². The first-order chi connectivity index (χ1) is 7.17. The van der Waals surface area contributed by atoms with E-state index in [1.54, 1.807) is 5.06 Å². The lowest BCUT2D eigenvalue weighted by molar-refractivity contribution is -0.161. The number of fused-ring (bicyclic) bond motifs is 2. The van der Waals surface area contributed by atoms with Crippen LogP contribution in [0.3, 0.4) is 0 Å². The average molecular weight is 212 g/mol. The Morgan fingerprint density at radius 3 is 3.00 bits per heavy atom. The number of rotatable bonds is 4. The van der Waals surface area contributed by atoms with Gasteiger partial charge in [0.1, 0.15) is 0 Å². The number of unbranched alkanes of at least 4 members (excludes halogenated alkanes) is 1. The third-order valence-corrected chi connectivity index (χ3v) is 3.33. The van der Waals surface area contributed by atoms with Crippen LogP contribution in [0.25, 0.3) is 0 Å². The van der Waals surface area contributed by atoms with Crippen LogP contribution in [0.15, 0.2) is 0 Å². The molecule has 0 radical (unpaired) electrons. The van der Waals surface area contributed by atoms with E-state index < -0.39 is 0 Å². The highest BCUT2D eigenvalue weighted by molar-refractivity contribution is 5.77. The molecule has 4 nitrogen and oxygen atoms in total. The minimum atomic E-state index is -0.0803. The lowest BCUT2D eigenvalue weighted by atomic mass is 9.94. The van der Waals surface area contributed by atoms with Gasteiger partial charge in [-0.25, -0.2) is 4.79 Å². The number of hydroxylamine groups is 2. The first kappa shape index (κ1) is 10.7. The van der Waals surface area contributed by atoms with E-state index in [9.17, 15) is 4.79 Å². The minimum Gasteiger partial charge on any atom is -0.320 e. The predicted octanol–water partition coefficient (Wildman–Crippen LogP) is 2.01. The Morgan fingerprint density at radius 2 is 2.33 bits per heavy atom. The Balaban J connectivity index is 1.99. The summed E-state index contributed by atoms with van der Waals surface area (Å²) in [4.78, 5) is 19.4. The number of carbonyl (C=O) groups excluding carboxylic acids is 1. The highest BCUT2D eigenvalue weighted by Gasteiger charge is 2.49. The molecule has 0 aromatic heterocycles. The highest BCUT2D eigenvalue weighted by Crippen LogP contribution is 2.35. The first-order valence-electron chi connectivity index (χ1n) is 5.89. The van der Waals surface area contributed by atoms with E-state index in [1.807, 2.05) is 4.90 Å². The molecule has 0 saturated carbocycles. The van der Waals surface area contributed by atoms with Crippen molar-refractivity contribution in [3.63, 3.8) is 0 Å². The number of hydrogen-bond acceptors (Lipinski definition) is 2. The lowest BCUT2D eigenvalue weighted by Gasteiger charge is -2.33. The molecule has 2 aliphatic rings. The van der Waals surface area contributed by atoms with E-state index in [1.165, 1.54) is 0 Å². The molecule has 0 N–H and O–H groups in total. The van der Waals surface area contributed by atoms with Crippen LogP contribution < -0.4 is 0 Å². The largest absolute Gasteiger partial charge is 0.344 e. The molecule has 2 bridgehead atoms. The summed E-state index contributed by atoms with van der Waals surface area (Å²) in [5.74, 6) is 0. The molecule has 2 fully saturated rings. The van der Waals surface area contributed by atoms with Crippen molar-refractivity contribution >= 4 is 6.03 Å².